The highest BCUT2D eigenvalue weighted by Crippen LogP contribution is 2.22. The summed E-state index contributed by atoms with van der Waals surface area (Å²) >= 11 is 1.69. The first-order valence-electron chi connectivity index (χ1n) is 6.80. The number of ether oxygens (including phenoxy) is 2. The summed E-state index contributed by atoms with van der Waals surface area (Å²) in [5, 5.41) is 2.90. The van der Waals surface area contributed by atoms with E-state index < -0.39 is 0 Å². The Balaban J connectivity index is 2.05. The zero-order valence-corrected chi connectivity index (χ0v) is 13.7. The fraction of sp³-hybridized carbons (Fsp3) is 0.235. The number of rotatable bonds is 6. The monoisotopic (exact) mass is 317 g/mol. The average Bonchev–Trinajstić information content (AvgIpc) is 2.59. The van der Waals surface area contributed by atoms with Crippen molar-refractivity contribution < 1.29 is 14.3 Å². The van der Waals surface area contributed by atoms with Crippen LogP contribution >= 0.6 is 11.8 Å². The van der Waals surface area contributed by atoms with Crippen molar-refractivity contribution in [1.29, 1.82) is 0 Å². The molecule has 0 saturated carbocycles. The Morgan fingerprint density at radius 1 is 1.05 bits per heavy atom. The van der Waals surface area contributed by atoms with Crippen molar-refractivity contribution in [1.82, 2.24) is 5.32 Å². The third kappa shape index (κ3) is 4.18. The maximum atomic E-state index is 12.3. The van der Waals surface area contributed by atoms with Gasteiger partial charge in [0, 0.05) is 23.1 Å². The van der Waals surface area contributed by atoms with Gasteiger partial charge in [-0.1, -0.05) is 12.1 Å². The van der Waals surface area contributed by atoms with E-state index in [1.165, 1.54) is 4.90 Å². The zero-order valence-electron chi connectivity index (χ0n) is 12.9. The minimum atomic E-state index is -0.161. The van der Waals surface area contributed by atoms with Gasteiger partial charge in [0.1, 0.15) is 11.5 Å². The van der Waals surface area contributed by atoms with E-state index in [2.05, 4.69) is 5.32 Å². The molecule has 4 nitrogen and oxygen atoms in total. The fourth-order valence-electron chi connectivity index (χ4n) is 1.97. The average molecular weight is 317 g/mol. The largest absolute Gasteiger partial charge is 0.497 e. The first-order valence-corrected chi connectivity index (χ1v) is 8.03. The number of benzene rings is 2. The topological polar surface area (TPSA) is 47.6 Å². The van der Waals surface area contributed by atoms with E-state index in [-0.39, 0.29) is 5.91 Å². The fourth-order valence-corrected chi connectivity index (χ4v) is 2.37. The second kappa shape index (κ2) is 7.75. The molecule has 0 saturated heterocycles. The van der Waals surface area contributed by atoms with Crippen molar-refractivity contribution in [2.24, 2.45) is 0 Å². The number of nitrogens with one attached hydrogen (secondary N) is 1. The summed E-state index contributed by atoms with van der Waals surface area (Å²) in [4.78, 5) is 13.5. The van der Waals surface area contributed by atoms with Crippen LogP contribution in [0.3, 0.4) is 0 Å². The highest BCUT2D eigenvalue weighted by atomic mass is 32.2. The maximum absolute atomic E-state index is 12.3. The number of methoxy groups -OCH3 is 2. The summed E-state index contributed by atoms with van der Waals surface area (Å²) < 4.78 is 10.3. The molecule has 22 heavy (non-hydrogen) atoms. The molecule has 0 fully saturated rings. The first kappa shape index (κ1) is 16.2. The van der Waals surface area contributed by atoms with Gasteiger partial charge in [-0.2, -0.15) is 0 Å². The molecular formula is C17H19NO3S. The molecule has 2 aromatic rings. The van der Waals surface area contributed by atoms with Gasteiger partial charge in [0.15, 0.2) is 0 Å². The van der Waals surface area contributed by atoms with Crippen LogP contribution < -0.4 is 14.8 Å². The van der Waals surface area contributed by atoms with E-state index in [1.807, 2.05) is 30.5 Å². The van der Waals surface area contributed by atoms with Crippen molar-refractivity contribution in [3.05, 3.63) is 53.6 Å². The summed E-state index contributed by atoms with van der Waals surface area (Å²) in [6.45, 7) is 0.479. The Kier molecular flexibility index (Phi) is 5.72. The molecule has 1 amide bonds. The van der Waals surface area contributed by atoms with Crippen molar-refractivity contribution in [2.75, 3.05) is 20.5 Å². The van der Waals surface area contributed by atoms with Gasteiger partial charge >= 0.3 is 0 Å². The van der Waals surface area contributed by atoms with Crippen LogP contribution in [0.15, 0.2) is 47.4 Å². The van der Waals surface area contributed by atoms with Crippen LogP contribution in [0.4, 0.5) is 0 Å². The van der Waals surface area contributed by atoms with Crippen LogP contribution in [0.25, 0.3) is 0 Å². The Morgan fingerprint density at radius 2 is 1.64 bits per heavy atom. The lowest BCUT2D eigenvalue weighted by molar-refractivity contribution is 0.0950. The summed E-state index contributed by atoms with van der Waals surface area (Å²) in [6.07, 6.45) is 2.03. The highest BCUT2D eigenvalue weighted by molar-refractivity contribution is 7.98. The van der Waals surface area contributed by atoms with Crippen LogP contribution in [0.1, 0.15) is 15.9 Å². The molecule has 0 radical (unpaired) electrons. The van der Waals surface area contributed by atoms with Gasteiger partial charge in [0.25, 0.3) is 5.91 Å². The normalized spacial score (nSPS) is 10.1. The van der Waals surface area contributed by atoms with Gasteiger partial charge in [0.2, 0.25) is 0 Å². The summed E-state index contributed by atoms with van der Waals surface area (Å²) in [5.41, 5.74) is 1.57. The van der Waals surface area contributed by atoms with Gasteiger partial charge in [-0.15, -0.1) is 11.8 Å². The molecule has 0 aliphatic carbocycles. The molecule has 0 atom stereocenters. The summed E-state index contributed by atoms with van der Waals surface area (Å²) in [6, 6.07) is 13.2. The molecule has 0 aromatic heterocycles. The van der Waals surface area contributed by atoms with Gasteiger partial charge in [-0.3, -0.25) is 4.79 Å². The second-order valence-corrected chi connectivity index (χ2v) is 5.51. The SMILES string of the molecule is COc1cc(OC)cc(C(=O)NCc2ccc(SC)cc2)c1. The van der Waals surface area contributed by atoms with E-state index in [1.54, 1.807) is 44.2 Å². The highest BCUT2D eigenvalue weighted by Gasteiger charge is 2.09. The van der Waals surface area contributed by atoms with Crippen molar-refractivity contribution in [2.45, 2.75) is 11.4 Å². The molecule has 2 aromatic carbocycles. The number of carbonyl (C=O) groups is 1. The predicted molar refractivity (Wildman–Crippen MR) is 88.9 cm³/mol. The van der Waals surface area contributed by atoms with E-state index in [9.17, 15) is 4.79 Å². The third-order valence-corrected chi connectivity index (χ3v) is 3.97. The molecule has 0 heterocycles. The van der Waals surface area contributed by atoms with Crippen LogP contribution in [-0.2, 0) is 6.54 Å². The lowest BCUT2D eigenvalue weighted by atomic mass is 10.1. The molecule has 0 aliphatic heterocycles. The second-order valence-electron chi connectivity index (χ2n) is 4.63. The summed E-state index contributed by atoms with van der Waals surface area (Å²) in [5.74, 6) is 1.02. The van der Waals surface area contributed by atoms with Crippen molar-refractivity contribution >= 4 is 17.7 Å². The molecular weight excluding hydrogens is 298 g/mol. The molecule has 0 bridgehead atoms. The van der Waals surface area contributed by atoms with E-state index in [0.29, 0.717) is 23.6 Å². The number of hydrogen-bond acceptors (Lipinski definition) is 4. The standard InChI is InChI=1S/C17H19NO3S/c1-20-14-8-13(9-15(10-14)21-2)17(19)18-11-12-4-6-16(22-3)7-5-12/h4-10H,11H2,1-3H3,(H,18,19). The quantitative estimate of drug-likeness (QED) is 0.830. The van der Waals surface area contributed by atoms with E-state index in [4.69, 9.17) is 9.47 Å². The summed E-state index contributed by atoms with van der Waals surface area (Å²) in [7, 11) is 3.12. The maximum Gasteiger partial charge on any atom is 0.251 e. The van der Waals surface area contributed by atoms with Crippen LogP contribution in [0, 0.1) is 0 Å². The molecule has 0 aliphatic rings. The molecule has 5 heteroatoms. The zero-order chi connectivity index (χ0) is 15.9. The molecule has 2 rings (SSSR count). The Morgan fingerprint density at radius 3 is 2.14 bits per heavy atom. The molecule has 116 valence electrons. The van der Waals surface area contributed by atoms with E-state index >= 15 is 0 Å². The van der Waals surface area contributed by atoms with Gasteiger partial charge in [0.05, 0.1) is 14.2 Å². The van der Waals surface area contributed by atoms with Crippen molar-refractivity contribution in [3.63, 3.8) is 0 Å². The lowest BCUT2D eigenvalue weighted by Gasteiger charge is -2.09. The minimum Gasteiger partial charge on any atom is -0.497 e. The third-order valence-electron chi connectivity index (χ3n) is 3.23. The van der Waals surface area contributed by atoms with Gasteiger partial charge in [-0.05, 0) is 36.1 Å². The molecule has 1 N–H and O–H groups in total. The molecule has 0 spiro atoms. The lowest BCUT2D eigenvalue weighted by Crippen LogP contribution is -2.22. The van der Waals surface area contributed by atoms with Crippen LogP contribution in [0.5, 0.6) is 11.5 Å². The first-order chi connectivity index (χ1) is 10.7. The van der Waals surface area contributed by atoms with Gasteiger partial charge in [-0.25, -0.2) is 0 Å². The minimum absolute atomic E-state index is 0.161. The Bertz CT molecular complexity index is 619. The predicted octanol–water partition coefficient (Wildman–Crippen LogP) is 3.36. The van der Waals surface area contributed by atoms with Gasteiger partial charge < -0.3 is 14.8 Å². The number of hydrogen-bond donors (Lipinski definition) is 1. The number of thioether (sulfide) groups is 1. The van der Waals surface area contributed by atoms with Crippen LogP contribution in [-0.4, -0.2) is 26.4 Å². The van der Waals surface area contributed by atoms with Crippen LogP contribution in [0.2, 0.25) is 0 Å². The molecule has 0 unspecified atom stereocenters. The Hall–Kier alpha value is -2.14. The Labute approximate surface area is 134 Å². The van der Waals surface area contributed by atoms with Crippen molar-refractivity contribution in [3.8, 4) is 11.5 Å². The van der Waals surface area contributed by atoms with E-state index in [0.717, 1.165) is 5.56 Å². The number of carbonyl (C=O) groups excluding carboxylic acids is 1. The smallest absolute Gasteiger partial charge is 0.251 e. The number of amides is 1.